The summed E-state index contributed by atoms with van der Waals surface area (Å²) in [6.45, 7) is 0. The van der Waals surface area contributed by atoms with Gasteiger partial charge >= 0.3 is 0 Å². The van der Waals surface area contributed by atoms with E-state index in [2.05, 4.69) is 4.98 Å². The lowest BCUT2D eigenvalue weighted by Gasteiger charge is -2.06. The van der Waals surface area contributed by atoms with E-state index in [1.165, 1.54) is 0 Å². The Kier molecular flexibility index (Phi) is 2.99. The molecule has 0 spiro atoms. The van der Waals surface area contributed by atoms with Crippen LogP contribution < -0.4 is 9.88 Å². The number of fused-ring (bicyclic) bond motifs is 1. The Hall–Kier alpha value is -1.66. The van der Waals surface area contributed by atoms with Crippen LogP contribution in [-0.4, -0.2) is 20.5 Å². The van der Waals surface area contributed by atoms with Crippen molar-refractivity contribution >= 4 is 20.9 Å². The maximum absolute atomic E-state index is 11.0. The molecule has 17 heavy (non-hydrogen) atoms. The molecule has 1 heterocycles. The van der Waals surface area contributed by atoms with E-state index in [0.717, 1.165) is 5.39 Å². The Morgan fingerprint density at radius 3 is 2.71 bits per heavy atom. The minimum absolute atomic E-state index is 0.277. The van der Waals surface area contributed by atoms with Gasteiger partial charge in [0.25, 0.3) is 0 Å². The molecular weight excluding hydrogens is 240 g/mol. The fourth-order valence-electron chi connectivity index (χ4n) is 1.61. The Balaban J connectivity index is 2.56. The third kappa shape index (κ3) is 2.72. The number of pyridine rings is 1. The molecule has 0 fully saturated rings. The molecule has 0 aliphatic rings. The third-order valence-electron chi connectivity index (χ3n) is 2.31. The van der Waals surface area contributed by atoms with E-state index in [-0.39, 0.29) is 5.75 Å². The number of hydrogen-bond donors (Lipinski definition) is 1. The summed E-state index contributed by atoms with van der Waals surface area (Å²) in [6, 6.07) is 8.95. The van der Waals surface area contributed by atoms with Crippen molar-refractivity contribution in [2.45, 2.75) is 5.75 Å². The number of aromatic nitrogens is 1. The zero-order valence-corrected chi connectivity index (χ0v) is 10.1. The highest BCUT2D eigenvalue weighted by Crippen LogP contribution is 2.23. The van der Waals surface area contributed by atoms with Crippen molar-refractivity contribution in [2.75, 3.05) is 7.11 Å². The molecule has 5 nitrogen and oxygen atoms in total. The van der Waals surface area contributed by atoms with Gasteiger partial charge in [0.2, 0.25) is 10.0 Å². The second-order valence-electron chi connectivity index (χ2n) is 3.64. The van der Waals surface area contributed by atoms with Gasteiger partial charge in [-0.15, -0.1) is 0 Å². The predicted octanol–water partition coefficient (Wildman–Crippen LogP) is 1.03. The molecule has 0 unspecified atom stereocenters. The smallest absolute Gasteiger partial charge is 0.214 e. The minimum Gasteiger partial charge on any atom is -0.494 e. The van der Waals surface area contributed by atoms with Crippen molar-refractivity contribution in [3.05, 3.63) is 36.0 Å². The van der Waals surface area contributed by atoms with Crippen LogP contribution in [0.1, 0.15) is 5.69 Å². The van der Waals surface area contributed by atoms with Crippen LogP contribution >= 0.6 is 0 Å². The quantitative estimate of drug-likeness (QED) is 0.884. The summed E-state index contributed by atoms with van der Waals surface area (Å²) < 4.78 is 27.2. The van der Waals surface area contributed by atoms with Gasteiger partial charge in [0, 0.05) is 5.39 Å². The Bertz CT molecular complexity index is 653. The highest BCUT2D eigenvalue weighted by atomic mass is 32.2. The number of rotatable bonds is 3. The standard InChI is InChI=1S/C11H12N2O3S/c1-16-10-4-2-3-8-5-6-9(13-11(8)10)7-17(12,14)15/h2-6H,7H2,1H3,(H2,12,14,15). The predicted molar refractivity (Wildman–Crippen MR) is 65.1 cm³/mol. The third-order valence-corrected chi connectivity index (χ3v) is 3.01. The first-order valence-corrected chi connectivity index (χ1v) is 6.64. The van der Waals surface area contributed by atoms with Crippen molar-refractivity contribution in [1.82, 2.24) is 4.98 Å². The zero-order valence-electron chi connectivity index (χ0n) is 9.25. The summed E-state index contributed by atoms with van der Waals surface area (Å²) in [5.41, 5.74) is 1.04. The number of nitrogens with zero attached hydrogens (tertiary/aromatic N) is 1. The van der Waals surface area contributed by atoms with Crippen molar-refractivity contribution in [2.24, 2.45) is 5.14 Å². The summed E-state index contributed by atoms with van der Waals surface area (Å²) >= 11 is 0. The molecule has 0 bridgehead atoms. The van der Waals surface area contributed by atoms with Crippen LogP contribution in [0.4, 0.5) is 0 Å². The van der Waals surface area contributed by atoms with Crippen molar-refractivity contribution in [1.29, 1.82) is 0 Å². The molecule has 0 aliphatic carbocycles. The van der Waals surface area contributed by atoms with Gasteiger partial charge in [-0.3, -0.25) is 0 Å². The molecule has 6 heteroatoms. The molecule has 1 aromatic heterocycles. The Morgan fingerprint density at radius 2 is 2.06 bits per heavy atom. The Labute approximate surface area is 99.3 Å². The van der Waals surface area contributed by atoms with Gasteiger partial charge in [0.1, 0.15) is 17.0 Å². The van der Waals surface area contributed by atoms with Crippen LogP contribution in [0.25, 0.3) is 10.9 Å². The van der Waals surface area contributed by atoms with Crippen LogP contribution in [0.3, 0.4) is 0 Å². The Morgan fingerprint density at radius 1 is 1.29 bits per heavy atom. The average Bonchev–Trinajstić information content (AvgIpc) is 2.26. The number of hydrogen-bond acceptors (Lipinski definition) is 4. The number of para-hydroxylation sites is 1. The van der Waals surface area contributed by atoms with Crippen LogP contribution in [0, 0.1) is 0 Å². The second-order valence-corrected chi connectivity index (χ2v) is 5.26. The molecule has 0 atom stereocenters. The van der Waals surface area contributed by atoms with Crippen LogP contribution in [-0.2, 0) is 15.8 Å². The van der Waals surface area contributed by atoms with Gasteiger partial charge in [-0.25, -0.2) is 18.5 Å². The van der Waals surface area contributed by atoms with Crippen molar-refractivity contribution in [3.8, 4) is 5.75 Å². The summed E-state index contributed by atoms with van der Waals surface area (Å²) in [7, 11) is -2.02. The van der Waals surface area contributed by atoms with Gasteiger partial charge < -0.3 is 4.74 Å². The first-order valence-electron chi connectivity index (χ1n) is 4.93. The zero-order chi connectivity index (χ0) is 12.5. The molecule has 2 aromatic rings. The molecule has 90 valence electrons. The van der Waals surface area contributed by atoms with E-state index >= 15 is 0 Å². The summed E-state index contributed by atoms with van der Waals surface area (Å²) in [6.07, 6.45) is 0. The lowest BCUT2D eigenvalue weighted by molar-refractivity contribution is 0.419. The summed E-state index contributed by atoms with van der Waals surface area (Å²) in [4.78, 5) is 4.25. The number of primary sulfonamides is 1. The minimum atomic E-state index is -3.57. The van der Waals surface area contributed by atoms with Crippen LogP contribution in [0.2, 0.25) is 0 Å². The molecule has 1 aromatic carbocycles. The van der Waals surface area contributed by atoms with Crippen LogP contribution in [0.15, 0.2) is 30.3 Å². The average molecular weight is 252 g/mol. The molecule has 0 saturated carbocycles. The maximum atomic E-state index is 11.0. The molecule has 0 aliphatic heterocycles. The number of ether oxygens (including phenoxy) is 1. The van der Waals surface area contributed by atoms with E-state index in [4.69, 9.17) is 9.88 Å². The molecule has 2 N–H and O–H groups in total. The molecule has 0 amide bonds. The number of sulfonamides is 1. The topological polar surface area (TPSA) is 82.3 Å². The van der Waals surface area contributed by atoms with Gasteiger partial charge in [0.05, 0.1) is 12.8 Å². The van der Waals surface area contributed by atoms with Gasteiger partial charge in [0.15, 0.2) is 0 Å². The normalized spacial score (nSPS) is 11.6. The largest absolute Gasteiger partial charge is 0.494 e. The lowest BCUT2D eigenvalue weighted by Crippen LogP contribution is -2.15. The number of methoxy groups -OCH3 is 1. The molecule has 2 rings (SSSR count). The maximum Gasteiger partial charge on any atom is 0.214 e. The number of nitrogens with two attached hydrogens (primary N) is 1. The summed E-state index contributed by atoms with van der Waals surface area (Å²) in [5.74, 6) is 0.333. The van der Waals surface area contributed by atoms with Crippen molar-refractivity contribution in [3.63, 3.8) is 0 Å². The van der Waals surface area contributed by atoms with Gasteiger partial charge in [-0.05, 0) is 12.1 Å². The van der Waals surface area contributed by atoms with Crippen molar-refractivity contribution < 1.29 is 13.2 Å². The lowest BCUT2D eigenvalue weighted by atomic mass is 10.2. The van der Waals surface area contributed by atoms with E-state index in [0.29, 0.717) is 17.0 Å². The van der Waals surface area contributed by atoms with E-state index in [9.17, 15) is 8.42 Å². The van der Waals surface area contributed by atoms with Crippen LogP contribution in [0.5, 0.6) is 5.75 Å². The number of benzene rings is 1. The van der Waals surface area contributed by atoms with E-state index < -0.39 is 10.0 Å². The monoisotopic (exact) mass is 252 g/mol. The van der Waals surface area contributed by atoms with Gasteiger partial charge in [-0.1, -0.05) is 18.2 Å². The SMILES string of the molecule is COc1cccc2ccc(CS(N)(=O)=O)nc12. The molecule has 0 saturated heterocycles. The summed E-state index contributed by atoms with van der Waals surface area (Å²) in [5, 5.41) is 5.87. The molecule has 0 radical (unpaired) electrons. The van der Waals surface area contributed by atoms with E-state index in [1.54, 1.807) is 25.3 Å². The first kappa shape index (κ1) is 11.8. The highest BCUT2D eigenvalue weighted by Gasteiger charge is 2.09. The first-order chi connectivity index (χ1) is 7.99. The fraction of sp³-hybridized carbons (Fsp3) is 0.182. The fourth-order valence-corrected chi connectivity index (χ4v) is 2.18. The highest BCUT2D eigenvalue weighted by molar-refractivity contribution is 7.88. The second kappa shape index (κ2) is 4.31. The molecular formula is C11H12N2O3S. The van der Waals surface area contributed by atoms with Gasteiger partial charge in [-0.2, -0.15) is 0 Å². The van der Waals surface area contributed by atoms with E-state index in [1.807, 2.05) is 12.1 Å².